The van der Waals surface area contributed by atoms with Gasteiger partial charge in [0.15, 0.2) is 6.61 Å². The number of likely N-dealkylation sites (tertiary alicyclic amines) is 1. The zero-order valence-electron chi connectivity index (χ0n) is 14.6. The summed E-state index contributed by atoms with van der Waals surface area (Å²) >= 11 is 0. The smallest absolute Gasteiger partial charge is 0.341 e. The number of hydrogen-bond acceptors (Lipinski definition) is 5. The number of rotatable bonds is 6. The number of nitrogens with zero attached hydrogens (tertiary/aromatic N) is 3. The van der Waals surface area contributed by atoms with Crippen LogP contribution in [-0.4, -0.2) is 45.6 Å². The first kappa shape index (κ1) is 17.4. The first-order chi connectivity index (χ1) is 12.0. The van der Waals surface area contributed by atoms with Gasteiger partial charge in [-0.3, -0.25) is 4.90 Å². The molecule has 1 saturated heterocycles. The van der Waals surface area contributed by atoms with Crippen molar-refractivity contribution in [2.75, 3.05) is 19.7 Å². The highest BCUT2D eigenvalue weighted by Crippen LogP contribution is 2.28. The Morgan fingerprint density at radius 1 is 1.28 bits per heavy atom. The molecule has 3 rings (SSSR count). The second-order valence-corrected chi connectivity index (χ2v) is 6.52. The van der Waals surface area contributed by atoms with Crippen LogP contribution in [-0.2, 0) is 11.3 Å². The standard InChI is InChI=1S/C19H23N3O3/c1-13-9-14(2)21-19(20-13)16-7-8-22(11-16)10-15-5-3-4-6-17(15)25-12-18(23)24/h3-6,9,16H,7-8,10-12H2,1-2H3,(H,23,24). The van der Waals surface area contributed by atoms with E-state index in [1.54, 1.807) is 0 Å². The van der Waals surface area contributed by atoms with Gasteiger partial charge in [-0.15, -0.1) is 0 Å². The lowest BCUT2D eigenvalue weighted by Crippen LogP contribution is -2.21. The van der Waals surface area contributed by atoms with E-state index in [4.69, 9.17) is 9.84 Å². The molecular formula is C19H23N3O3. The van der Waals surface area contributed by atoms with Crippen LogP contribution in [0, 0.1) is 13.8 Å². The molecule has 132 valence electrons. The van der Waals surface area contributed by atoms with Gasteiger partial charge >= 0.3 is 5.97 Å². The Balaban J connectivity index is 1.66. The minimum atomic E-state index is -0.969. The van der Waals surface area contributed by atoms with Gasteiger partial charge in [0, 0.05) is 36.0 Å². The summed E-state index contributed by atoms with van der Waals surface area (Å²) in [6.45, 7) is 6.28. The minimum absolute atomic E-state index is 0.323. The van der Waals surface area contributed by atoms with Crippen molar-refractivity contribution in [1.29, 1.82) is 0 Å². The summed E-state index contributed by atoms with van der Waals surface area (Å²) in [5, 5.41) is 8.81. The molecule has 0 saturated carbocycles. The average molecular weight is 341 g/mol. The Hall–Kier alpha value is -2.47. The largest absolute Gasteiger partial charge is 0.482 e. The maximum absolute atomic E-state index is 10.7. The Morgan fingerprint density at radius 2 is 2.00 bits per heavy atom. The topological polar surface area (TPSA) is 75.6 Å². The summed E-state index contributed by atoms with van der Waals surface area (Å²) in [5.41, 5.74) is 3.02. The lowest BCUT2D eigenvalue weighted by molar-refractivity contribution is -0.139. The first-order valence-corrected chi connectivity index (χ1v) is 8.48. The molecule has 0 aliphatic carbocycles. The van der Waals surface area contributed by atoms with Gasteiger partial charge in [0.05, 0.1) is 0 Å². The van der Waals surface area contributed by atoms with Crippen molar-refractivity contribution in [2.24, 2.45) is 0 Å². The molecule has 6 nitrogen and oxygen atoms in total. The summed E-state index contributed by atoms with van der Waals surface area (Å²) in [6, 6.07) is 9.60. The fourth-order valence-corrected chi connectivity index (χ4v) is 3.28. The summed E-state index contributed by atoms with van der Waals surface area (Å²) in [6.07, 6.45) is 1.03. The van der Waals surface area contributed by atoms with Crippen molar-refractivity contribution in [2.45, 2.75) is 32.7 Å². The van der Waals surface area contributed by atoms with Gasteiger partial charge in [0.1, 0.15) is 11.6 Å². The van der Waals surface area contributed by atoms with Gasteiger partial charge in [0.2, 0.25) is 0 Å². The highest BCUT2D eigenvalue weighted by molar-refractivity contribution is 5.68. The van der Waals surface area contributed by atoms with Crippen molar-refractivity contribution in [1.82, 2.24) is 14.9 Å². The van der Waals surface area contributed by atoms with Gasteiger partial charge in [-0.05, 0) is 38.9 Å². The van der Waals surface area contributed by atoms with E-state index in [2.05, 4.69) is 14.9 Å². The molecular weight excluding hydrogens is 318 g/mol. The summed E-state index contributed by atoms with van der Waals surface area (Å²) in [5.74, 6) is 0.931. The SMILES string of the molecule is Cc1cc(C)nc(C2CCN(Cc3ccccc3OCC(=O)O)C2)n1. The number of carbonyl (C=O) groups is 1. The third kappa shape index (κ3) is 4.54. The lowest BCUT2D eigenvalue weighted by Gasteiger charge is -2.18. The number of aliphatic carboxylic acids is 1. The number of aryl methyl sites for hydroxylation is 2. The predicted octanol–water partition coefficient (Wildman–Crippen LogP) is 2.55. The molecule has 2 aromatic rings. The van der Waals surface area contributed by atoms with Gasteiger partial charge in [-0.1, -0.05) is 18.2 Å². The molecule has 0 spiro atoms. The molecule has 2 heterocycles. The molecule has 25 heavy (non-hydrogen) atoms. The molecule has 6 heteroatoms. The molecule has 0 bridgehead atoms. The van der Waals surface area contributed by atoms with Crippen LogP contribution in [0.15, 0.2) is 30.3 Å². The van der Waals surface area contributed by atoms with Crippen molar-refractivity contribution in [3.05, 3.63) is 53.1 Å². The third-order valence-corrected chi connectivity index (χ3v) is 4.35. The van der Waals surface area contributed by atoms with Gasteiger partial charge in [0.25, 0.3) is 0 Å². The maximum atomic E-state index is 10.7. The lowest BCUT2D eigenvalue weighted by atomic mass is 10.1. The summed E-state index contributed by atoms with van der Waals surface area (Å²) in [4.78, 5) is 22.3. The van der Waals surface area contributed by atoms with Crippen LogP contribution >= 0.6 is 0 Å². The Morgan fingerprint density at radius 3 is 2.72 bits per heavy atom. The molecule has 1 N–H and O–H groups in total. The second-order valence-electron chi connectivity index (χ2n) is 6.52. The number of aromatic nitrogens is 2. The van der Waals surface area contributed by atoms with Gasteiger partial charge in [-0.2, -0.15) is 0 Å². The number of ether oxygens (including phenoxy) is 1. The van der Waals surface area contributed by atoms with Crippen LogP contribution in [0.4, 0.5) is 0 Å². The van der Waals surface area contributed by atoms with Crippen LogP contribution in [0.2, 0.25) is 0 Å². The monoisotopic (exact) mass is 341 g/mol. The molecule has 1 aromatic heterocycles. The summed E-state index contributed by atoms with van der Waals surface area (Å²) < 4.78 is 5.40. The zero-order valence-corrected chi connectivity index (χ0v) is 14.6. The second kappa shape index (κ2) is 7.61. The molecule has 1 atom stereocenters. The molecule has 1 unspecified atom stereocenters. The van der Waals surface area contributed by atoms with E-state index in [0.717, 1.165) is 48.8 Å². The van der Waals surface area contributed by atoms with Crippen molar-refractivity contribution in [3.8, 4) is 5.75 Å². The Bertz CT molecular complexity index is 743. The molecule has 1 aliphatic rings. The summed E-state index contributed by atoms with van der Waals surface area (Å²) in [7, 11) is 0. The number of hydrogen-bond donors (Lipinski definition) is 1. The van der Waals surface area contributed by atoms with E-state index in [9.17, 15) is 4.79 Å². The molecule has 1 fully saturated rings. The number of carboxylic acid groups (broad SMARTS) is 1. The molecule has 0 radical (unpaired) electrons. The normalized spacial score (nSPS) is 17.6. The molecule has 0 amide bonds. The van der Waals surface area contributed by atoms with Crippen LogP contribution in [0.3, 0.4) is 0 Å². The minimum Gasteiger partial charge on any atom is -0.482 e. The highest BCUT2D eigenvalue weighted by atomic mass is 16.5. The maximum Gasteiger partial charge on any atom is 0.341 e. The van der Waals surface area contributed by atoms with E-state index < -0.39 is 5.97 Å². The molecule has 1 aliphatic heterocycles. The van der Waals surface area contributed by atoms with Crippen LogP contribution in [0.1, 0.15) is 35.1 Å². The van der Waals surface area contributed by atoms with E-state index >= 15 is 0 Å². The third-order valence-electron chi connectivity index (χ3n) is 4.35. The Labute approximate surface area is 147 Å². The Kier molecular flexibility index (Phi) is 5.28. The number of benzene rings is 1. The van der Waals surface area contributed by atoms with Crippen molar-refractivity contribution >= 4 is 5.97 Å². The van der Waals surface area contributed by atoms with Gasteiger partial charge < -0.3 is 9.84 Å². The average Bonchev–Trinajstić information content (AvgIpc) is 3.02. The number of para-hydroxylation sites is 1. The van der Waals surface area contributed by atoms with E-state index in [0.29, 0.717) is 11.7 Å². The molecule has 1 aromatic carbocycles. The van der Waals surface area contributed by atoms with Crippen LogP contribution < -0.4 is 4.74 Å². The quantitative estimate of drug-likeness (QED) is 0.870. The van der Waals surface area contributed by atoms with Crippen LogP contribution in [0.25, 0.3) is 0 Å². The number of carboxylic acids is 1. The predicted molar refractivity (Wildman–Crippen MR) is 93.7 cm³/mol. The van der Waals surface area contributed by atoms with Crippen molar-refractivity contribution in [3.63, 3.8) is 0 Å². The van der Waals surface area contributed by atoms with Crippen LogP contribution in [0.5, 0.6) is 5.75 Å². The van der Waals surface area contributed by atoms with Crippen molar-refractivity contribution < 1.29 is 14.6 Å². The fourth-order valence-electron chi connectivity index (χ4n) is 3.28. The van der Waals surface area contributed by atoms with E-state index in [1.807, 2.05) is 44.2 Å². The highest BCUT2D eigenvalue weighted by Gasteiger charge is 2.26. The zero-order chi connectivity index (χ0) is 17.8. The van der Waals surface area contributed by atoms with Gasteiger partial charge in [-0.25, -0.2) is 14.8 Å². The fraction of sp³-hybridized carbons (Fsp3) is 0.421. The first-order valence-electron chi connectivity index (χ1n) is 8.48. The van der Waals surface area contributed by atoms with E-state index in [1.165, 1.54) is 0 Å². The van der Waals surface area contributed by atoms with E-state index in [-0.39, 0.29) is 6.61 Å².